The predicted octanol–water partition coefficient (Wildman–Crippen LogP) is 0.323. The number of nitrogen functional groups attached to an aromatic ring is 1. The highest BCUT2D eigenvalue weighted by Gasteiger charge is 2.24. The number of anilines is 1. The molecule has 1 aromatic heterocycles. The number of aliphatic hydroxyl groups excluding tert-OH is 1. The van der Waals surface area contributed by atoms with Crippen molar-refractivity contribution in [3.8, 4) is 0 Å². The second-order valence-electron chi connectivity index (χ2n) is 4.10. The van der Waals surface area contributed by atoms with Crippen molar-refractivity contribution in [2.45, 2.75) is 26.0 Å². The molecule has 1 aliphatic rings. The van der Waals surface area contributed by atoms with E-state index in [0.717, 1.165) is 31.1 Å². The first-order chi connectivity index (χ1) is 7.15. The van der Waals surface area contributed by atoms with Crippen molar-refractivity contribution >= 4 is 16.5 Å². The minimum Gasteiger partial charge on any atom is -0.392 e. The summed E-state index contributed by atoms with van der Waals surface area (Å²) in [5.41, 5.74) is 5.51. The molecular formula is C9H16N4OS. The van der Waals surface area contributed by atoms with Crippen molar-refractivity contribution in [3.63, 3.8) is 0 Å². The molecule has 2 unspecified atom stereocenters. The third-order valence-electron chi connectivity index (χ3n) is 2.84. The summed E-state index contributed by atoms with van der Waals surface area (Å²) in [5, 5.41) is 18.9. The van der Waals surface area contributed by atoms with Crippen LogP contribution in [0, 0.1) is 5.92 Å². The molecule has 0 radical (unpaired) electrons. The van der Waals surface area contributed by atoms with Gasteiger partial charge in [-0.2, -0.15) is 0 Å². The molecule has 1 fully saturated rings. The number of nitrogens with zero attached hydrogens (tertiary/aromatic N) is 3. The van der Waals surface area contributed by atoms with Gasteiger partial charge in [0.2, 0.25) is 5.13 Å². The van der Waals surface area contributed by atoms with Gasteiger partial charge in [0, 0.05) is 6.54 Å². The van der Waals surface area contributed by atoms with E-state index in [1.54, 1.807) is 0 Å². The average Bonchev–Trinajstić information content (AvgIpc) is 2.58. The van der Waals surface area contributed by atoms with Crippen LogP contribution in [-0.4, -0.2) is 39.4 Å². The van der Waals surface area contributed by atoms with E-state index in [-0.39, 0.29) is 6.10 Å². The SMILES string of the molecule is CC1CCN(Cc2nnc(N)s2)CC1O. The number of piperidine rings is 1. The number of hydrogen-bond donors (Lipinski definition) is 2. The third-order valence-corrected chi connectivity index (χ3v) is 3.58. The Kier molecular flexibility index (Phi) is 3.18. The van der Waals surface area contributed by atoms with Gasteiger partial charge in [-0.05, 0) is 18.9 Å². The second kappa shape index (κ2) is 4.42. The Morgan fingerprint density at radius 3 is 3.00 bits per heavy atom. The number of hydrogen-bond acceptors (Lipinski definition) is 6. The number of rotatable bonds is 2. The maximum absolute atomic E-state index is 9.73. The van der Waals surface area contributed by atoms with E-state index >= 15 is 0 Å². The first-order valence-electron chi connectivity index (χ1n) is 5.13. The molecular weight excluding hydrogens is 212 g/mol. The molecule has 2 atom stereocenters. The lowest BCUT2D eigenvalue weighted by atomic mass is 9.96. The molecule has 0 saturated carbocycles. The van der Waals surface area contributed by atoms with Gasteiger partial charge in [-0.1, -0.05) is 18.3 Å². The van der Waals surface area contributed by atoms with Crippen LogP contribution in [0.15, 0.2) is 0 Å². The maximum atomic E-state index is 9.73. The van der Waals surface area contributed by atoms with Crippen molar-refractivity contribution in [3.05, 3.63) is 5.01 Å². The van der Waals surface area contributed by atoms with Crippen LogP contribution in [0.4, 0.5) is 5.13 Å². The zero-order chi connectivity index (χ0) is 10.8. The topological polar surface area (TPSA) is 75.3 Å². The summed E-state index contributed by atoms with van der Waals surface area (Å²) in [4.78, 5) is 2.20. The summed E-state index contributed by atoms with van der Waals surface area (Å²) in [6, 6.07) is 0. The Morgan fingerprint density at radius 2 is 2.40 bits per heavy atom. The minimum absolute atomic E-state index is 0.219. The third kappa shape index (κ3) is 2.64. The van der Waals surface area contributed by atoms with Crippen LogP contribution in [-0.2, 0) is 6.54 Å². The lowest BCUT2D eigenvalue weighted by molar-refractivity contribution is 0.0258. The number of nitrogens with two attached hydrogens (primary N) is 1. The van der Waals surface area contributed by atoms with E-state index in [0.29, 0.717) is 11.0 Å². The molecule has 1 saturated heterocycles. The predicted molar refractivity (Wildman–Crippen MR) is 59.4 cm³/mol. The normalized spacial score (nSPS) is 28.1. The van der Waals surface area contributed by atoms with Crippen LogP contribution >= 0.6 is 11.3 Å². The summed E-state index contributed by atoms with van der Waals surface area (Å²) in [5.74, 6) is 0.403. The van der Waals surface area contributed by atoms with E-state index in [9.17, 15) is 5.11 Å². The Balaban J connectivity index is 1.90. The molecule has 0 aliphatic carbocycles. The zero-order valence-corrected chi connectivity index (χ0v) is 9.57. The minimum atomic E-state index is -0.219. The van der Waals surface area contributed by atoms with Crippen LogP contribution in [0.2, 0.25) is 0 Å². The van der Waals surface area contributed by atoms with Crippen molar-refractivity contribution in [1.29, 1.82) is 0 Å². The first-order valence-corrected chi connectivity index (χ1v) is 5.95. The van der Waals surface area contributed by atoms with Crippen LogP contribution in [0.3, 0.4) is 0 Å². The zero-order valence-electron chi connectivity index (χ0n) is 8.76. The van der Waals surface area contributed by atoms with Crippen molar-refractivity contribution in [2.75, 3.05) is 18.8 Å². The van der Waals surface area contributed by atoms with Gasteiger partial charge in [0.25, 0.3) is 0 Å². The molecule has 1 aromatic rings. The monoisotopic (exact) mass is 228 g/mol. The molecule has 0 amide bonds. The molecule has 15 heavy (non-hydrogen) atoms. The van der Waals surface area contributed by atoms with Crippen molar-refractivity contribution < 1.29 is 5.11 Å². The van der Waals surface area contributed by atoms with Crippen LogP contribution in [0.5, 0.6) is 0 Å². The Labute approximate surface area is 92.9 Å². The highest BCUT2D eigenvalue weighted by molar-refractivity contribution is 7.15. The van der Waals surface area contributed by atoms with Crippen molar-refractivity contribution in [2.24, 2.45) is 5.92 Å². The highest BCUT2D eigenvalue weighted by Crippen LogP contribution is 2.20. The van der Waals surface area contributed by atoms with Gasteiger partial charge in [-0.3, -0.25) is 4.90 Å². The van der Waals surface area contributed by atoms with Gasteiger partial charge in [0.05, 0.1) is 12.6 Å². The number of aromatic nitrogens is 2. The van der Waals surface area contributed by atoms with Gasteiger partial charge >= 0.3 is 0 Å². The van der Waals surface area contributed by atoms with Crippen molar-refractivity contribution in [1.82, 2.24) is 15.1 Å². The fourth-order valence-electron chi connectivity index (χ4n) is 1.78. The smallest absolute Gasteiger partial charge is 0.203 e. The number of aliphatic hydroxyl groups is 1. The van der Waals surface area contributed by atoms with E-state index < -0.39 is 0 Å². The molecule has 2 heterocycles. The van der Waals surface area contributed by atoms with E-state index in [2.05, 4.69) is 22.0 Å². The molecule has 6 heteroatoms. The van der Waals surface area contributed by atoms with E-state index in [4.69, 9.17) is 5.73 Å². The van der Waals surface area contributed by atoms with Crippen LogP contribution < -0.4 is 5.73 Å². The standard InChI is InChI=1S/C9H16N4OS/c1-6-2-3-13(4-7(6)14)5-8-11-12-9(10)15-8/h6-7,14H,2-5H2,1H3,(H2,10,12). The molecule has 0 bridgehead atoms. The molecule has 0 aromatic carbocycles. The average molecular weight is 228 g/mol. The number of likely N-dealkylation sites (tertiary alicyclic amines) is 1. The van der Waals surface area contributed by atoms with Gasteiger partial charge in [0.1, 0.15) is 5.01 Å². The lowest BCUT2D eigenvalue weighted by Crippen LogP contribution is -2.42. The Morgan fingerprint density at radius 1 is 1.60 bits per heavy atom. The summed E-state index contributed by atoms with van der Waals surface area (Å²) in [6.07, 6.45) is 0.819. The van der Waals surface area contributed by atoms with E-state index in [1.165, 1.54) is 11.3 Å². The maximum Gasteiger partial charge on any atom is 0.203 e. The Hall–Kier alpha value is -0.720. The summed E-state index contributed by atoms with van der Waals surface area (Å²) in [7, 11) is 0. The number of β-amino-alcohol motifs (C(OH)–C–C–N with tert-alkyl or cyclic N) is 1. The van der Waals surface area contributed by atoms with Crippen LogP contribution in [0.1, 0.15) is 18.4 Å². The first kappa shape index (κ1) is 10.8. The Bertz CT molecular complexity index is 330. The second-order valence-corrected chi connectivity index (χ2v) is 5.20. The fourth-order valence-corrected chi connectivity index (χ4v) is 2.43. The van der Waals surface area contributed by atoms with Gasteiger partial charge in [-0.25, -0.2) is 0 Å². The molecule has 3 N–H and O–H groups in total. The quantitative estimate of drug-likeness (QED) is 0.762. The molecule has 5 nitrogen and oxygen atoms in total. The van der Waals surface area contributed by atoms with Gasteiger partial charge < -0.3 is 10.8 Å². The molecule has 84 valence electrons. The van der Waals surface area contributed by atoms with E-state index in [1.807, 2.05) is 0 Å². The molecule has 0 spiro atoms. The summed E-state index contributed by atoms with van der Waals surface area (Å²) in [6.45, 7) is 4.57. The summed E-state index contributed by atoms with van der Waals surface area (Å²) < 4.78 is 0. The summed E-state index contributed by atoms with van der Waals surface area (Å²) >= 11 is 1.42. The molecule has 1 aliphatic heterocycles. The highest BCUT2D eigenvalue weighted by atomic mass is 32.1. The lowest BCUT2D eigenvalue weighted by Gasteiger charge is -2.33. The molecule has 2 rings (SSSR count). The van der Waals surface area contributed by atoms with Gasteiger partial charge in [0.15, 0.2) is 0 Å². The van der Waals surface area contributed by atoms with Crippen LogP contribution in [0.25, 0.3) is 0 Å². The largest absolute Gasteiger partial charge is 0.392 e. The van der Waals surface area contributed by atoms with Gasteiger partial charge in [-0.15, -0.1) is 10.2 Å². The fraction of sp³-hybridized carbons (Fsp3) is 0.778.